The number of hydrogen-bond acceptors (Lipinski definition) is 6. The molecule has 0 unspecified atom stereocenters. The van der Waals surface area contributed by atoms with Gasteiger partial charge >= 0.3 is 6.09 Å². The Hall–Kier alpha value is -3.90. The van der Waals surface area contributed by atoms with E-state index in [1.807, 2.05) is 6.07 Å². The number of aromatic hydroxyl groups is 1. The predicted molar refractivity (Wildman–Crippen MR) is 105 cm³/mol. The van der Waals surface area contributed by atoms with Gasteiger partial charge in [0.05, 0.1) is 11.6 Å². The quantitative estimate of drug-likeness (QED) is 0.224. The maximum absolute atomic E-state index is 13.8. The second-order valence-corrected chi connectivity index (χ2v) is 6.23. The van der Waals surface area contributed by atoms with Crippen LogP contribution in [0.25, 0.3) is 0 Å². The number of carbonyl (C=O) groups excluding carboxylic acids is 2. The minimum absolute atomic E-state index is 0.316. The third kappa shape index (κ3) is 6.92. The molecule has 2 amide bonds. The molecule has 0 saturated heterocycles. The molecule has 4 N–H and O–H groups in total. The van der Waals surface area contributed by atoms with Crippen molar-refractivity contribution in [1.29, 1.82) is 5.26 Å². The normalized spacial score (nSPS) is 11.5. The number of phenols is 1. The van der Waals surface area contributed by atoms with E-state index in [9.17, 15) is 19.1 Å². The number of rotatable bonds is 8. The van der Waals surface area contributed by atoms with Crippen LogP contribution in [0, 0.1) is 17.1 Å². The van der Waals surface area contributed by atoms with E-state index in [-0.39, 0.29) is 0 Å². The first-order valence-electron chi connectivity index (χ1n) is 8.99. The van der Waals surface area contributed by atoms with E-state index in [4.69, 9.17) is 15.2 Å². The Morgan fingerprint density at radius 2 is 1.97 bits per heavy atom. The summed E-state index contributed by atoms with van der Waals surface area (Å²) in [4.78, 5) is 23.2. The Kier molecular flexibility index (Phi) is 8.35. The van der Waals surface area contributed by atoms with Crippen molar-refractivity contribution >= 4 is 17.7 Å². The van der Waals surface area contributed by atoms with Crippen LogP contribution in [0.5, 0.6) is 5.75 Å². The van der Waals surface area contributed by atoms with E-state index in [0.717, 1.165) is 12.1 Å². The molecule has 0 heterocycles. The predicted octanol–water partition coefficient (Wildman–Crippen LogP) is 3.92. The number of ether oxygens (including phenoxy) is 1. The number of benzene rings is 2. The molecule has 0 aliphatic carbocycles. The first-order chi connectivity index (χ1) is 14.4. The highest BCUT2D eigenvalue weighted by Gasteiger charge is 2.18. The average molecular weight is 413 g/mol. The molecular formula is C21H20FN3O5. The molecule has 2 aromatic rings. The van der Waals surface area contributed by atoms with Crippen LogP contribution in [-0.4, -0.2) is 22.3 Å². The van der Waals surface area contributed by atoms with Crippen LogP contribution in [0.15, 0.2) is 54.6 Å². The van der Waals surface area contributed by atoms with Crippen molar-refractivity contribution in [3.63, 3.8) is 0 Å². The van der Waals surface area contributed by atoms with Gasteiger partial charge in [0.2, 0.25) is 0 Å². The van der Waals surface area contributed by atoms with Gasteiger partial charge in [0.25, 0.3) is 5.91 Å². The molecule has 1 atom stereocenters. The fourth-order valence-electron chi connectivity index (χ4n) is 2.57. The Bertz CT molecular complexity index is 954. The zero-order valence-corrected chi connectivity index (χ0v) is 15.8. The molecule has 0 aliphatic heterocycles. The highest BCUT2D eigenvalue weighted by molar-refractivity contribution is 5.86. The molecule has 8 nitrogen and oxygen atoms in total. The number of hydrogen-bond donors (Lipinski definition) is 4. The van der Waals surface area contributed by atoms with Crippen molar-refractivity contribution in [3.05, 3.63) is 71.6 Å². The monoisotopic (exact) mass is 413 g/mol. The van der Waals surface area contributed by atoms with Crippen molar-refractivity contribution in [1.82, 2.24) is 5.48 Å². The Labute approximate surface area is 172 Å². The fourth-order valence-corrected chi connectivity index (χ4v) is 2.57. The lowest BCUT2D eigenvalue weighted by molar-refractivity contribution is -0.124. The first kappa shape index (κ1) is 22.4. The molecule has 156 valence electrons. The van der Waals surface area contributed by atoms with Crippen LogP contribution in [0.3, 0.4) is 0 Å². The molecule has 0 bridgehead atoms. The van der Waals surface area contributed by atoms with Gasteiger partial charge in [0.1, 0.15) is 6.10 Å². The van der Waals surface area contributed by atoms with Gasteiger partial charge < -0.3 is 9.84 Å². The molecule has 2 rings (SSSR count). The van der Waals surface area contributed by atoms with Gasteiger partial charge in [-0.05, 0) is 61.2 Å². The highest BCUT2D eigenvalue weighted by Crippen LogP contribution is 2.28. The Balaban J connectivity index is 2.04. The third-order valence-electron chi connectivity index (χ3n) is 4.07. The van der Waals surface area contributed by atoms with Crippen LogP contribution in [-0.2, 0) is 9.53 Å². The summed E-state index contributed by atoms with van der Waals surface area (Å²) in [6.45, 7) is 0. The van der Waals surface area contributed by atoms with Gasteiger partial charge in [-0.15, -0.1) is 0 Å². The number of nitrogens with zero attached hydrogens (tertiary/aromatic N) is 1. The molecule has 9 heteroatoms. The van der Waals surface area contributed by atoms with Gasteiger partial charge in [0, 0.05) is 11.8 Å². The first-order valence-corrected chi connectivity index (χ1v) is 8.99. The van der Waals surface area contributed by atoms with E-state index in [1.54, 1.807) is 12.1 Å². The van der Waals surface area contributed by atoms with Crippen LogP contribution in [0.4, 0.5) is 14.9 Å². The van der Waals surface area contributed by atoms with Crippen molar-refractivity contribution < 1.29 is 29.0 Å². The molecule has 0 fully saturated rings. The topological polar surface area (TPSA) is 132 Å². The average Bonchev–Trinajstić information content (AvgIpc) is 2.75. The molecule has 2 aromatic carbocycles. The summed E-state index contributed by atoms with van der Waals surface area (Å²) in [6.07, 6.45) is 2.38. The molecule has 0 aromatic heterocycles. The standard InChI is InChI=1S/C21H20FN3O5/c22-17-12-15(8-11-18(17)26)19(4-2-1-3-5-20(27)25-29)30-21(28)24-16-9-6-14(13-23)7-10-16/h3,5-12,19,26,29H,1-2,4H2,(H,24,28)(H,25,27)/b5-3+/t19-/m0/s1. The number of nitriles is 1. The summed E-state index contributed by atoms with van der Waals surface area (Å²) in [7, 11) is 0. The maximum atomic E-state index is 13.8. The van der Waals surface area contributed by atoms with Crippen LogP contribution < -0.4 is 10.8 Å². The van der Waals surface area contributed by atoms with Crippen molar-refractivity contribution in [2.24, 2.45) is 0 Å². The SMILES string of the molecule is N#Cc1ccc(NC(=O)O[C@@H](CCC/C=C/C(=O)NO)c2ccc(O)c(F)c2)cc1. The summed E-state index contributed by atoms with van der Waals surface area (Å²) < 4.78 is 19.2. The lowest BCUT2D eigenvalue weighted by Gasteiger charge is -2.19. The van der Waals surface area contributed by atoms with Gasteiger partial charge in [-0.3, -0.25) is 15.3 Å². The number of anilines is 1. The van der Waals surface area contributed by atoms with Crippen LogP contribution in [0.1, 0.15) is 36.5 Å². The third-order valence-corrected chi connectivity index (χ3v) is 4.07. The zero-order chi connectivity index (χ0) is 21.9. The minimum atomic E-state index is -0.840. The largest absolute Gasteiger partial charge is 0.505 e. The number of nitrogens with one attached hydrogen (secondary N) is 2. The van der Waals surface area contributed by atoms with Gasteiger partial charge in [-0.1, -0.05) is 12.1 Å². The van der Waals surface area contributed by atoms with Crippen molar-refractivity contribution in [2.45, 2.75) is 25.4 Å². The molecule has 0 radical (unpaired) electrons. The smallest absolute Gasteiger partial charge is 0.412 e. The van der Waals surface area contributed by atoms with E-state index in [1.165, 1.54) is 35.8 Å². The lowest BCUT2D eigenvalue weighted by atomic mass is 10.0. The van der Waals surface area contributed by atoms with E-state index < -0.39 is 29.7 Å². The molecule has 30 heavy (non-hydrogen) atoms. The Morgan fingerprint density at radius 1 is 1.23 bits per heavy atom. The number of amides is 2. The molecule has 0 aliphatic rings. The van der Waals surface area contributed by atoms with Crippen molar-refractivity contribution in [2.75, 3.05) is 5.32 Å². The lowest BCUT2D eigenvalue weighted by Crippen LogP contribution is -2.18. The van der Waals surface area contributed by atoms with Crippen molar-refractivity contribution in [3.8, 4) is 11.8 Å². The van der Waals surface area contributed by atoms with E-state index >= 15 is 0 Å². The number of hydroxylamine groups is 1. The highest BCUT2D eigenvalue weighted by atomic mass is 19.1. The molecular weight excluding hydrogens is 393 g/mol. The van der Waals surface area contributed by atoms with E-state index in [2.05, 4.69) is 5.32 Å². The van der Waals surface area contributed by atoms with Gasteiger partial charge in [-0.2, -0.15) is 5.26 Å². The maximum Gasteiger partial charge on any atom is 0.412 e. The zero-order valence-electron chi connectivity index (χ0n) is 15.8. The summed E-state index contributed by atoms with van der Waals surface area (Å²) >= 11 is 0. The van der Waals surface area contributed by atoms with Crippen LogP contribution >= 0.6 is 0 Å². The second-order valence-electron chi connectivity index (χ2n) is 6.23. The van der Waals surface area contributed by atoms with E-state index in [0.29, 0.717) is 36.1 Å². The molecule has 0 spiro atoms. The summed E-state index contributed by atoms with van der Waals surface area (Å²) in [6, 6.07) is 11.9. The number of halogens is 1. The summed E-state index contributed by atoms with van der Waals surface area (Å²) in [5.41, 5.74) is 2.69. The number of unbranched alkanes of at least 4 members (excludes halogenated alkanes) is 1. The summed E-state index contributed by atoms with van der Waals surface area (Å²) in [5, 5.41) is 29.2. The second kappa shape index (κ2) is 11.2. The number of phenolic OH excluding ortho intramolecular Hbond substituents is 1. The summed E-state index contributed by atoms with van der Waals surface area (Å²) in [5.74, 6) is -2.02. The van der Waals surface area contributed by atoms with Gasteiger partial charge in [0.15, 0.2) is 11.6 Å². The minimum Gasteiger partial charge on any atom is -0.505 e. The Morgan fingerprint density at radius 3 is 2.60 bits per heavy atom. The molecule has 0 saturated carbocycles. The fraction of sp³-hybridized carbons (Fsp3) is 0.190. The number of allylic oxidation sites excluding steroid dienone is 1. The van der Waals surface area contributed by atoms with Crippen LogP contribution in [0.2, 0.25) is 0 Å². The van der Waals surface area contributed by atoms with Gasteiger partial charge in [-0.25, -0.2) is 14.7 Å². The number of carbonyl (C=O) groups is 2.